The molecule has 18 heavy (non-hydrogen) atoms. The Morgan fingerprint density at radius 1 is 1.39 bits per heavy atom. The lowest BCUT2D eigenvalue weighted by Gasteiger charge is -2.07. The number of sulfone groups is 1. The van der Waals surface area contributed by atoms with E-state index in [1.54, 1.807) is 31.2 Å². The third kappa shape index (κ3) is 2.05. The van der Waals surface area contributed by atoms with Gasteiger partial charge in [-0.25, -0.2) is 8.42 Å². The van der Waals surface area contributed by atoms with Gasteiger partial charge < -0.3 is 10.8 Å². The summed E-state index contributed by atoms with van der Waals surface area (Å²) in [6.07, 6.45) is 0. The van der Waals surface area contributed by atoms with Crippen LogP contribution < -0.4 is 5.73 Å². The fraction of sp³-hybridized carbons (Fsp3) is 0.500. The third-order valence-electron chi connectivity index (χ3n) is 3.59. The summed E-state index contributed by atoms with van der Waals surface area (Å²) < 4.78 is 23.9. The van der Waals surface area contributed by atoms with Crippen LogP contribution in [0.4, 0.5) is 0 Å². The third-order valence-corrected chi connectivity index (χ3v) is 6.14. The fourth-order valence-electron chi connectivity index (χ4n) is 2.49. The van der Waals surface area contributed by atoms with Crippen LogP contribution in [0.2, 0.25) is 5.02 Å². The van der Waals surface area contributed by atoms with E-state index in [-0.39, 0.29) is 18.3 Å². The molecule has 0 bridgehead atoms. The summed E-state index contributed by atoms with van der Waals surface area (Å²) in [4.78, 5) is 0. The quantitative estimate of drug-likeness (QED) is 0.864. The summed E-state index contributed by atoms with van der Waals surface area (Å²) in [5.41, 5.74) is 5.74. The lowest BCUT2D eigenvalue weighted by atomic mass is 10.1. The highest BCUT2D eigenvalue weighted by Crippen LogP contribution is 2.54. The monoisotopic (exact) mass is 289 g/mol. The van der Waals surface area contributed by atoms with Crippen LogP contribution in [0.5, 0.6) is 0 Å². The second-order valence-corrected chi connectivity index (χ2v) is 7.52. The molecular formula is C12H16ClNO3S. The van der Waals surface area contributed by atoms with Crippen molar-refractivity contribution in [1.29, 1.82) is 0 Å². The standard InChI is InChI=1S/C12H16ClNO3S/c1-2-18(16,17)11-10(12(11,14)7-15)8-3-5-9(13)6-4-8/h3-6,10-11,15H,2,7,14H2,1H3/t10-,11-,12-/m0/s1. The zero-order valence-electron chi connectivity index (χ0n) is 10.0. The van der Waals surface area contributed by atoms with Crippen LogP contribution >= 0.6 is 11.6 Å². The molecule has 1 aromatic rings. The van der Waals surface area contributed by atoms with Gasteiger partial charge in [-0.1, -0.05) is 30.7 Å². The van der Waals surface area contributed by atoms with Crippen LogP contribution in [0.15, 0.2) is 24.3 Å². The Bertz CT molecular complexity index is 543. The first kappa shape index (κ1) is 13.8. The molecule has 0 unspecified atom stereocenters. The highest BCUT2D eigenvalue weighted by molar-refractivity contribution is 7.92. The Hall–Kier alpha value is -0.620. The molecule has 3 N–H and O–H groups in total. The average Bonchev–Trinajstić information content (AvgIpc) is 2.98. The number of aliphatic hydroxyl groups excluding tert-OH is 1. The Morgan fingerprint density at radius 2 is 1.94 bits per heavy atom. The van der Waals surface area contributed by atoms with Gasteiger partial charge in [0.25, 0.3) is 0 Å². The number of halogens is 1. The highest BCUT2D eigenvalue weighted by Gasteiger charge is 2.68. The molecule has 2 rings (SSSR count). The lowest BCUT2D eigenvalue weighted by Crippen LogP contribution is -2.35. The zero-order valence-corrected chi connectivity index (χ0v) is 11.6. The van der Waals surface area contributed by atoms with Gasteiger partial charge in [0.2, 0.25) is 0 Å². The van der Waals surface area contributed by atoms with E-state index in [4.69, 9.17) is 17.3 Å². The summed E-state index contributed by atoms with van der Waals surface area (Å²) in [7, 11) is -3.27. The maximum absolute atomic E-state index is 12.0. The van der Waals surface area contributed by atoms with E-state index in [0.717, 1.165) is 5.56 Å². The van der Waals surface area contributed by atoms with Crippen LogP contribution in [-0.2, 0) is 9.84 Å². The van der Waals surface area contributed by atoms with Crippen molar-refractivity contribution in [3.05, 3.63) is 34.9 Å². The second-order valence-electron chi connectivity index (χ2n) is 4.67. The van der Waals surface area contributed by atoms with Gasteiger partial charge in [-0.3, -0.25) is 0 Å². The van der Waals surface area contributed by atoms with Crippen molar-refractivity contribution in [3.63, 3.8) is 0 Å². The zero-order chi connectivity index (χ0) is 13.6. The molecule has 6 heteroatoms. The summed E-state index contributed by atoms with van der Waals surface area (Å²) in [5, 5.41) is 9.24. The Balaban J connectivity index is 2.37. The van der Waals surface area contributed by atoms with E-state index >= 15 is 0 Å². The average molecular weight is 290 g/mol. The van der Waals surface area contributed by atoms with E-state index in [1.807, 2.05) is 0 Å². The van der Waals surface area contributed by atoms with Crippen molar-refractivity contribution in [2.45, 2.75) is 23.6 Å². The topological polar surface area (TPSA) is 80.4 Å². The minimum Gasteiger partial charge on any atom is -0.394 e. The van der Waals surface area contributed by atoms with E-state index in [1.165, 1.54) is 0 Å². The minimum absolute atomic E-state index is 0.0285. The smallest absolute Gasteiger partial charge is 0.155 e. The number of hydrogen-bond acceptors (Lipinski definition) is 4. The Morgan fingerprint density at radius 3 is 2.39 bits per heavy atom. The number of hydrogen-bond donors (Lipinski definition) is 2. The molecule has 4 nitrogen and oxygen atoms in total. The predicted octanol–water partition coefficient (Wildman–Crippen LogP) is 0.930. The van der Waals surface area contributed by atoms with Crippen molar-refractivity contribution in [2.24, 2.45) is 5.73 Å². The normalized spacial score (nSPS) is 31.3. The van der Waals surface area contributed by atoms with Crippen molar-refractivity contribution in [3.8, 4) is 0 Å². The van der Waals surface area contributed by atoms with Crippen LogP contribution in [-0.4, -0.2) is 36.7 Å². The van der Waals surface area contributed by atoms with Gasteiger partial charge in [-0.05, 0) is 17.7 Å². The van der Waals surface area contributed by atoms with Gasteiger partial charge >= 0.3 is 0 Å². The summed E-state index contributed by atoms with van der Waals surface area (Å²) in [5.74, 6) is -0.328. The summed E-state index contributed by atoms with van der Waals surface area (Å²) in [6, 6.07) is 6.91. The molecule has 0 saturated heterocycles. The number of nitrogens with two attached hydrogens (primary N) is 1. The fourth-order valence-corrected chi connectivity index (χ4v) is 4.61. The summed E-state index contributed by atoms with van der Waals surface area (Å²) in [6.45, 7) is 1.24. The highest BCUT2D eigenvalue weighted by atomic mass is 35.5. The summed E-state index contributed by atoms with van der Waals surface area (Å²) >= 11 is 5.80. The molecule has 1 aliphatic carbocycles. The first-order valence-electron chi connectivity index (χ1n) is 5.73. The van der Waals surface area contributed by atoms with Crippen LogP contribution in [0.3, 0.4) is 0 Å². The molecule has 1 fully saturated rings. The molecule has 0 radical (unpaired) electrons. The van der Waals surface area contributed by atoms with Gasteiger partial charge in [0.1, 0.15) is 0 Å². The van der Waals surface area contributed by atoms with Crippen LogP contribution in [0.1, 0.15) is 18.4 Å². The van der Waals surface area contributed by atoms with Gasteiger partial charge in [-0.2, -0.15) is 0 Å². The molecule has 1 aliphatic rings. The van der Waals surface area contributed by atoms with Crippen LogP contribution in [0, 0.1) is 0 Å². The van der Waals surface area contributed by atoms with Crippen molar-refractivity contribution < 1.29 is 13.5 Å². The van der Waals surface area contributed by atoms with Crippen LogP contribution in [0.25, 0.3) is 0 Å². The first-order valence-corrected chi connectivity index (χ1v) is 7.83. The molecule has 1 saturated carbocycles. The largest absolute Gasteiger partial charge is 0.394 e. The second kappa shape index (κ2) is 4.49. The van der Waals surface area contributed by atoms with E-state index in [9.17, 15) is 13.5 Å². The van der Waals surface area contributed by atoms with Gasteiger partial charge in [-0.15, -0.1) is 0 Å². The molecular weight excluding hydrogens is 274 g/mol. The van der Waals surface area contributed by atoms with Crippen molar-refractivity contribution >= 4 is 21.4 Å². The molecule has 0 heterocycles. The van der Waals surface area contributed by atoms with Crippen molar-refractivity contribution in [2.75, 3.05) is 12.4 Å². The number of rotatable bonds is 4. The molecule has 3 atom stereocenters. The van der Waals surface area contributed by atoms with Gasteiger partial charge in [0, 0.05) is 16.7 Å². The molecule has 0 amide bonds. The van der Waals surface area contributed by atoms with Crippen molar-refractivity contribution in [1.82, 2.24) is 0 Å². The molecule has 0 spiro atoms. The molecule has 0 aromatic heterocycles. The maximum Gasteiger partial charge on any atom is 0.155 e. The molecule has 1 aromatic carbocycles. The van der Waals surface area contributed by atoms with E-state index in [0.29, 0.717) is 5.02 Å². The SMILES string of the molecule is CCS(=O)(=O)[C@H]1[C@H](c2ccc(Cl)cc2)[C@@]1(N)CO. The Labute approximate surface area is 112 Å². The maximum atomic E-state index is 12.0. The molecule has 100 valence electrons. The van der Waals surface area contributed by atoms with Gasteiger partial charge in [0.05, 0.1) is 17.4 Å². The number of aliphatic hydroxyl groups is 1. The van der Waals surface area contributed by atoms with Gasteiger partial charge in [0.15, 0.2) is 9.84 Å². The van der Waals surface area contributed by atoms with E-state index in [2.05, 4.69) is 0 Å². The first-order chi connectivity index (χ1) is 8.36. The number of benzene rings is 1. The van der Waals surface area contributed by atoms with E-state index < -0.39 is 20.6 Å². The Kier molecular flexibility index (Phi) is 3.44. The predicted molar refractivity (Wildman–Crippen MR) is 71.4 cm³/mol. The lowest BCUT2D eigenvalue weighted by molar-refractivity contribution is 0.253. The molecule has 0 aliphatic heterocycles. The minimum atomic E-state index is -3.27.